The molecule has 0 aliphatic rings. The molecule has 0 amide bonds. The van der Waals surface area contributed by atoms with E-state index >= 15 is 0 Å². The smallest absolute Gasteiger partial charge is 0.166 e. The SMILES string of the molecule is Cc1cncc(-c2cc(C)n3ncc(C=O)c3n2)c1. The van der Waals surface area contributed by atoms with Gasteiger partial charge in [-0.1, -0.05) is 0 Å². The van der Waals surface area contributed by atoms with Gasteiger partial charge in [-0.15, -0.1) is 0 Å². The Morgan fingerprint density at radius 3 is 2.74 bits per heavy atom. The zero-order valence-corrected chi connectivity index (χ0v) is 10.7. The zero-order chi connectivity index (χ0) is 13.4. The number of aldehydes is 1. The minimum atomic E-state index is 0.491. The van der Waals surface area contributed by atoms with Gasteiger partial charge in [0.2, 0.25) is 0 Å². The summed E-state index contributed by atoms with van der Waals surface area (Å²) in [5.74, 6) is 0. The van der Waals surface area contributed by atoms with Crippen LogP contribution >= 0.6 is 0 Å². The summed E-state index contributed by atoms with van der Waals surface area (Å²) in [5, 5.41) is 4.15. The van der Waals surface area contributed by atoms with Crippen LogP contribution in [0.4, 0.5) is 0 Å². The number of aromatic nitrogens is 4. The average Bonchev–Trinajstić information content (AvgIpc) is 2.82. The van der Waals surface area contributed by atoms with E-state index < -0.39 is 0 Å². The molecule has 0 fully saturated rings. The van der Waals surface area contributed by atoms with E-state index in [1.54, 1.807) is 16.9 Å². The Morgan fingerprint density at radius 2 is 2.00 bits per heavy atom. The van der Waals surface area contributed by atoms with Crippen LogP contribution in [0.5, 0.6) is 0 Å². The van der Waals surface area contributed by atoms with E-state index in [1.807, 2.05) is 26.0 Å². The number of aryl methyl sites for hydroxylation is 2. The standard InChI is InChI=1S/C14H12N4O/c1-9-3-11(6-15-5-9)13-4-10(2)18-14(17-13)12(8-19)7-16-18/h3-8H,1-2H3. The van der Waals surface area contributed by atoms with E-state index in [-0.39, 0.29) is 0 Å². The quantitative estimate of drug-likeness (QED) is 0.656. The lowest BCUT2D eigenvalue weighted by atomic mass is 10.1. The Labute approximate surface area is 109 Å². The molecule has 5 nitrogen and oxygen atoms in total. The molecule has 0 N–H and O–H groups in total. The van der Waals surface area contributed by atoms with Crippen LogP contribution in [0.3, 0.4) is 0 Å². The van der Waals surface area contributed by atoms with E-state index in [9.17, 15) is 4.79 Å². The minimum Gasteiger partial charge on any atom is -0.298 e. The highest BCUT2D eigenvalue weighted by Gasteiger charge is 2.10. The molecular formula is C14H12N4O. The third kappa shape index (κ3) is 1.89. The lowest BCUT2D eigenvalue weighted by Gasteiger charge is -2.05. The number of hydrogen-bond acceptors (Lipinski definition) is 4. The number of carbonyl (C=O) groups excluding carboxylic acids is 1. The number of pyridine rings is 1. The zero-order valence-electron chi connectivity index (χ0n) is 10.7. The normalized spacial score (nSPS) is 10.8. The van der Waals surface area contributed by atoms with E-state index in [4.69, 9.17) is 0 Å². The molecule has 0 aliphatic heterocycles. The molecule has 0 atom stereocenters. The Hall–Kier alpha value is -2.56. The number of nitrogens with zero attached hydrogens (tertiary/aromatic N) is 4. The summed E-state index contributed by atoms with van der Waals surface area (Å²) < 4.78 is 1.66. The summed E-state index contributed by atoms with van der Waals surface area (Å²) >= 11 is 0. The Bertz CT molecular complexity index is 776. The van der Waals surface area contributed by atoms with Crippen molar-refractivity contribution in [2.75, 3.05) is 0 Å². The van der Waals surface area contributed by atoms with Crippen molar-refractivity contribution in [1.29, 1.82) is 0 Å². The second-order valence-electron chi connectivity index (χ2n) is 4.49. The monoisotopic (exact) mass is 252 g/mol. The van der Waals surface area contributed by atoms with Crippen LogP contribution < -0.4 is 0 Å². The third-order valence-corrected chi connectivity index (χ3v) is 2.97. The number of hydrogen-bond donors (Lipinski definition) is 0. The van der Waals surface area contributed by atoms with Crippen LogP contribution in [0.25, 0.3) is 16.9 Å². The van der Waals surface area contributed by atoms with Gasteiger partial charge in [0, 0.05) is 23.7 Å². The van der Waals surface area contributed by atoms with Crippen LogP contribution in [-0.4, -0.2) is 25.9 Å². The fraction of sp³-hybridized carbons (Fsp3) is 0.143. The number of rotatable bonds is 2. The maximum atomic E-state index is 11.0. The largest absolute Gasteiger partial charge is 0.298 e. The maximum absolute atomic E-state index is 11.0. The van der Waals surface area contributed by atoms with Gasteiger partial charge < -0.3 is 0 Å². The van der Waals surface area contributed by atoms with Gasteiger partial charge in [-0.3, -0.25) is 9.78 Å². The summed E-state index contributed by atoms with van der Waals surface area (Å²) in [7, 11) is 0. The van der Waals surface area contributed by atoms with Gasteiger partial charge in [-0.2, -0.15) is 5.10 Å². The third-order valence-electron chi connectivity index (χ3n) is 2.97. The highest BCUT2D eigenvalue weighted by Crippen LogP contribution is 2.20. The molecular weight excluding hydrogens is 240 g/mol. The first kappa shape index (κ1) is 11.5. The Morgan fingerprint density at radius 1 is 1.16 bits per heavy atom. The van der Waals surface area contributed by atoms with Crippen LogP contribution in [0, 0.1) is 13.8 Å². The van der Waals surface area contributed by atoms with E-state index in [2.05, 4.69) is 15.1 Å². The van der Waals surface area contributed by atoms with Gasteiger partial charge in [0.15, 0.2) is 11.9 Å². The lowest BCUT2D eigenvalue weighted by molar-refractivity contribution is 0.112. The van der Waals surface area contributed by atoms with Crippen LogP contribution in [0.15, 0.2) is 30.7 Å². The highest BCUT2D eigenvalue weighted by atomic mass is 16.1. The first-order valence-electron chi connectivity index (χ1n) is 5.91. The summed E-state index contributed by atoms with van der Waals surface area (Å²) in [5.41, 5.74) is 4.79. The molecule has 0 bridgehead atoms. The van der Waals surface area contributed by atoms with Crippen molar-refractivity contribution in [2.45, 2.75) is 13.8 Å². The molecule has 94 valence electrons. The van der Waals surface area contributed by atoms with E-state index in [0.717, 1.165) is 28.8 Å². The van der Waals surface area contributed by atoms with Gasteiger partial charge >= 0.3 is 0 Å². The number of carbonyl (C=O) groups is 1. The molecule has 0 aliphatic carbocycles. The molecule has 3 aromatic heterocycles. The summed E-state index contributed by atoms with van der Waals surface area (Å²) in [4.78, 5) is 19.7. The lowest BCUT2D eigenvalue weighted by Crippen LogP contribution is -1.98. The Kier molecular flexibility index (Phi) is 2.59. The fourth-order valence-corrected chi connectivity index (χ4v) is 2.06. The second-order valence-corrected chi connectivity index (χ2v) is 4.49. The van der Waals surface area contributed by atoms with Gasteiger partial charge in [0.1, 0.15) is 0 Å². The summed E-state index contributed by atoms with van der Waals surface area (Å²) in [6.45, 7) is 3.92. The van der Waals surface area contributed by atoms with Crippen LogP contribution in [0.1, 0.15) is 21.6 Å². The minimum absolute atomic E-state index is 0.491. The van der Waals surface area contributed by atoms with Crippen LogP contribution in [-0.2, 0) is 0 Å². The molecule has 19 heavy (non-hydrogen) atoms. The second kappa shape index (κ2) is 4.28. The highest BCUT2D eigenvalue weighted by molar-refractivity contribution is 5.84. The van der Waals surface area contributed by atoms with Crippen molar-refractivity contribution >= 4 is 11.9 Å². The first-order chi connectivity index (χ1) is 9.19. The van der Waals surface area contributed by atoms with Crippen molar-refractivity contribution in [1.82, 2.24) is 19.6 Å². The van der Waals surface area contributed by atoms with Crippen molar-refractivity contribution in [3.63, 3.8) is 0 Å². The van der Waals surface area contributed by atoms with Gasteiger partial charge in [0.25, 0.3) is 0 Å². The molecule has 0 radical (unpaired) electrons. The molecule has 0 saturated carbocycles. The van der Waals surface area contributed by atoms with Crippen molar-refractivity contribution in [2.24, 2.45) is 0 Å². The molecule has 3 aromatic rings. The predicted octanol–water partition coefficient (Wildman–Crippen LogP) is 2.22. The molecule has 3 rings (SSSR count). The van der Waals surface area contributed by atoms with Crippen molar-refractivity contribution in [3.05, 3.63) is 47.5 Å². The molecule has 3 heterocycles. The summed E-state index contributed by atoms with van der Waals surface area (Å²) in [6.07, 6.45) is 5.86. The van der Waals surface area contributed by atoms with Gasteiger partial charge in [-0.25, -0.2) is 9.50 Å². The fourth-order valence-electron chi connectivity index (χ4n) is 2.06. The molecule has 0 saturated heterocycles. The topological polar surface area (TPSA) is 60.2 Å². The van der Waals surface area contributed by atoms with Crippen molar-refractivity contribution in [3.8, 4) is 11.3 Å². The van der Waals surface area contributed by atoms with Crippen LogP contribution in [0.2, 0.25) is 0 Å². The molecule has 5 heteroatoms. The van der Waals surface area contributed by atoms with Crippen molar-refractivity contribution < 1.29 is 4.79 Å². The summed E-state index contributed by atoms with van der Waals surface area (Å²) in [6, 6.07) is 3.95. The molecule has 0 aromatic carbocycles. The van der Waals surface area contributed by atoms with E-state index in [1.165, 1.54) is 6.20 Å². The van der Waals surface area contributed by atoms with E-state index in [0.29, 0.717) is 11.2 Å². The van der Waals surface area contributed by atoms with Gasteiger partial charge in [-0.05, 0) is 31.5 Å². The Balaban J connectivity index is 2.27. The predicted molar refractivity (Wildman–Crippen MR) is 71.1 cm³/mol. The first-order valence-corrected chi connectivity index (χ1v) is 5.91. The molecule has 0 unspecified atom stereocenters. The average molecular weight is 252 g/mol. The maximum Gasteiger partial charge on any atom is 0.166 e. The number of fused-ring (bicyclic) bond motifs is 1. The molecule has 0 spiro atoms. The van der Waals surface area contributed by atoms with Gasteiger partial charge in [0.05, 0.1) is 17.5 Å².